The minimum absolute atomic E-state index is 0.692. The maximum atomic E-state index is 5.83. The second-order valence-corrected chi connectivity index (χ2v) is 5.18. The van der Waals surface area contributed by atoms with Gasteiger partial charge in [0, 0.05) is 18.8 Å². The number of nitrogen functional groups attached to an aromatic ring is 1. The first-order valence-electron chi connectivity index (χ1n) is 7.81. The normalized spacial score (nSPS) is 11.4. The van der Waals surface area contributed by atoms with Gasteiger partial charge in [-0.25, -0.2) is 0 Å². The quantitative estimate of drug-likeness (QED) is 0.757. The summed E-state index contributed by atoms with van der Waals surface area (Å²) in [5.74, 6) is 0. The summed E-state index contributed by atoms with van der Waals surface area (Å²) in [7, 11) is 0. The Kier molecular flexibility index (Phi) is 5.44. The lowest BCUT2D eigenvalue weighted by Crippen LogP contribution is -2.30. The minimum Gasteiger partial charge on any atom is -0.423 e. The fourth-order valence-electron chi connectivity index (χ4n) is 2.48. The second kappa shape index (κ2) is 7.31. The highest BCUT2D eigenvalue weighted by molar-refractivity contribution is 5.78. The summed E-state index contributed by atoms with van der Waals surface area (Å²) in [6, 6.07) is 6.27. The van der Waals surface area contributed by atoms with Crippen molar-refractivity contribution in [3.05, 3.63) is 18.2 Å². The second-order valence-electron chi connectivity index (χ2n) is 5.18. The molecule has 1 aromatic heterocycles. The van der Waals surface area contributed by atoms with Gasteiger partial charge in [-0.05, 0) is 51.2 Å². The van der Waals surface area contributed by atoms with Gasteiger partial charge in [0.05, 0.1) is 0 Å². The summed E-state index contributed by atoms with van der Waals surface area (Å²) >= 11 is 0. The molecule has 2 rings (SSSR count). The van der Waals surface area contributed by atoms with E-state index in [1.807, 2.05) is 18.2 Å². The predicted octanol–water partition coefficient (Wildman–Crippen LogP) is 2.97. The molecule has 2 aromatic rings. The van der Waals surface area contributed by atoms with Crippen LogP contribution in [0.15, 0.2) is 22.6 Å². The van der Waals surface area contributed by atoms with Crippen LogP contribution in [0.3, 0.4) is 0 Å². The molecule has 5 heteroatoms. The van der Waals surface area contributed by atoms with Crippen LogP contribution in [0.5, 0.6) is 0 Å². The topological polar surface area (TPSA) is 58.5 Å². The molecule has 5 nitrogen and oxygen atoms in total. The third-order valence-electron chi connectivity index (χ3n) is 3.85. The number of hydrogen-bond acceptors (Lipinski definition) is 5. The van der Waals surface area contributed by atoms with Crippen molar-refractivity contribution in [1.82, 2.24) is 9.88 Å². The summed E-state index contributed by atoms with van der Waals surface area (Å²) in [6.45, 7) is 11.7. The van der Waals surface area contributed by atoms with E-state index in [1.165, 1.54) is 0 Å². The monoisotopic (exact) mass is 290 g/mol. The average Bonchev–Trinajstić information content (AvgIpc) is 2.90. The molecule has 0 saturated heterocycles. The molecule has 2 N–H and O–H groups in total. The zero-order chi connectivity index (χ0) is 15.2. The van der Waals surface area contributed by atoms with Crippen molar-refractivity contribution >= 4 is 22.8 Å². The highest BCUT2D eigenvalue weighted by Crippen LogP contribution is 2.23. The summed E-state index contributed by atoms with van der Waals surface area (Å²) in [5, 5.41) is 0. The van der Waals surface area contributed by atoms with Crippen LogP contribution in [0, 0.1) is 0 Å². The molecule has 0 unspecified atom stereocenters. The molecule has 21 heavy (non-hydrogen) atoms. The average molecular weight is 290 g/mol. The molecule has 0 saturated carbocycles. The molecule has 0 radical (unpaired) electrons. The summed E-state index contributed by atoms with van der Waals surface area (Å²) in [4.78, 5) is 9.16. The van der Waals surface area contributed by atoms with E-state index in [0.717, 1.165) is 50.2 Å². The van der Waals surface area contributed by atoms with Crippen LogP contribution >= 0.6 is 0 Å². The number of anilines is 2. The zero-order valence-electron chi connectivity index (χ0n) is 13.3. The zero-order valence-corrected chi connectivity index (χ0v) is 13.3. The summed E-state index contributed by atoms with van der Waals surface area (Å²) in [6.07, 6.45) is 1.11. The van der Waals surface area contributed by atoms with E-state index in [-0.39, 0.29) is 0 Å². The van der Waals surface area contributed by atoms with Gasteiger partial charge in [0.1, 0.15) is 5.52 Å². The molecule has 1 aromatic carbocycles. The molecule has 0 amide bonds. The van der Waals surface area contributed by atoms with Crippen LogP contribution in [0.25, 0.3) is 11.1 Å². The van der Waals surface area contributed by atoms with Gasteiger partial charge in [0.2, 0.25) is 0 Å². The number of benzene rings is 1. The van der Waals surface area contributed by atoms with E-state index in [1.54, 1.807) is 0 Å². The van der Waals surface area contributed by atoms with Gasteiger partial charge in [-0.3, -0.25) is 0 Å². The van der Waals surface area contributed by atoms with Crippen LogP contribution in [0.1, 0.15) is 27.2 Å². The van der Waals surface area contributed by atoms with Crippen molar-refractivity contribution in [3.8, 4) is 0 Å². The standard InChI is InChI=1S/C16H26N4O/c1-4-19(5-2)10-7-11-20(6-3)16-18-14-12-13(17)8-9-15(14)21-16/h8-9,12H,4-7,10-11,17H2,1-3H3. The van der Waals surface area contributed by atoms with Gasteiger partial charge in [-0.1, -0.05) is 13.8 Å². The Morgan fingerprint density at radius 2 is 1.86 bits per heavy atom. The Morgan fingerprint density at radius 1 is 1.10 bits per heavy atom. The Morgan fingerprint density at radius 3 is 2.52 bits per heavy atom. The van der Waals surface area contributed by atoms with E-state index < -0.39 is 0 Å². The molecule has 1 heterocycles. The maximum Gasteiger partial charge on any atom is 0.298 e. The van der Waals surface area contributed by atoms with Gasteiger partial charge < -0.3 is 20.0 Å². The smallest absolute Gasteiger partial charge is 0.298 e. The highest BCUT2D eigenvalue weighted by Gasteiger charge is 2.13. The molecular weight excluding hydrogens is 264 g/mol. The van der Waals surface area contributed by atoms with Crippen LogP contribution in [-0.2, 0) is 0 Å². The molecule has 0 bridgehead atoms. The van der Waals surface area contributed by atoms with E-state index in [4.69, 9.17) is 10.2 Å². The molecule has 0 atom stereocenters. The van der Waals surface area contributed by atoms with Crippen LogP contribution in [0.2, 0.25) is 0 Å². The fraction of sp³-hybridized carbons (Fsp3) is 0.562. The molecule has 0 aliphatic carbocycles. The van der Waals surface area contributed by atoms with Crippen molar-refractivity contribution in [2.75, 3.05) is 43.4 Å². The van der Waals surface area contributed by atoms with E-state index in [2.05, 4.69) is 35.6 Å². The van der Waals surface area contributed by atoms with Gasteiger partial charge in [-0.2, -0.15) is 4.98 Å². The Labute approximate surface area is 126 Å². The first-order valence-corrected chi connectivity index (χ1v) is 7.81. The Hall–Kier alpha value is -1.75. The molecule has 116 valence electrons. The fourth-order valence-corrected chi connectivity index (χ4v) is 2.48. The SMILES string of the molecule is CCN(CC)CCCN(CC)c1nc2cc(N)ccc2o1. The van der Waals surface area contributed by atoms with Crippen LogP contribution < -0.4 is 10.6 Å². The number of nitrogens with zero attached hydrogens (tertiary/aromatic N) is 3. The largest absolute Gasteiger partial charge is 0.423 e. The Balaban J connectivity index is 2.02. The first kappa shape index (κ1) is 15.6. The first-order chi connectivity index (χ1) is 10.2. The van der Waals surface area contributed by atoms with Crippen molar-refractivity contribution in [3.63, 3.8) is 0 Å². The maximum absolute atomic E-state index is 5.83. The number of oxazole rings is 1. The van der Waals surface area contributed by atoms with E-state index >= 15 is 0 Å². The highest BCUT2D eigenvalue weighted by atomic mass is 16.4. The van der Waals surface area contributed by atoms with E-state index in [9.17, 15) is 0 Å². The molecule has 0 aliphatic rings. The molecule has 0 aliphatic heterocycles. The van der Waals surface area contributed by atoms with Crippen molar-refractivity contribution in [2.45, 2.75) is 27.2 Å². The van der Waals surface area contributed by atoms with Gasteiger partial charge in [0.15, 0.2) is 5.58 Å². The number of nitrogens with two attached hydrogens (primary N) is 1. The van der Waals surface area contributed by atoms with Gasteiger partial charge in [0.25, 0.3) is 6.01 Å². The minimum atomic E-state index is 0.692. The number of hydrogen-bond donors (Lipinski definition) is 1. The van der Waals surface area contributed by atoms with Crippen molar-refractivity contribution in [1.29, 1.82) is 0 Å². The lowest BCUT2D eigenvalue weighted by molar-refractivity contribution is 0.300. The van der Waals surface area contributed by atoms with E-state index in [0.29, 0.717) is 11.7 Å². The molecule has 0 fully saturated rings. The molecular formula is C16H26N4O. The third-order valence-corrected chi connectivity index (χ3v) is 3.85. The lowest BCUT2D eigenvalue weighted by Gasteiger charge is -2.22. The van der Waals surface area contributed by atoms with Crippen LogP contribution in [-0.4, -0.2) is 42.6 Å². The number of fused-ring (bicyclic) bond motifs is 1. The van der Waals surface area contributed by atoms with Crippen molar-refractivity contribution in [2.24, 2.45) is 0 Å². The predicted molar refractivity (Wildman–Crippen MR) is 88.7 cm³/mol. The Bertz CT molecular complexity index is 562. The van der Waals surface area contributed by atoms with Crippen LogP contribution in [0.4, 0.5) is 11.7 Å². The molecule has 0 spiro atoms. The van der Waals surface area contributed by atoms with Crippen molar-refractivity contribution < 1.29 is 4.42 Å². The van der Waals surface area contributed by atoms with Gasteiger partial charge >= 0.3 is 0 Å². The summed E-state index contributed by atoms with van der Waals surface area (Å²) in [5.41, 5.74) is 8.12. The van der Waals surface area contributed by atoms with Gasteiger partial charge in [-0.15, -0.1) is 0 Å². The summed E-state index contributed by atoms with van der Waals surface area (Å²) < 4.78 is 5.83. The third kappa shape index (κ3) is 3.88. The number of aromatic nitrogens is 1. The number of rotatable bonds is 8. The lowest BCUT2D eigenvalue weighted by atomic mass is 10.3.